The number of aromatic nitrogens is 1. The number of hydrogen-bond acceptors (Lipinski definition) is 4. The standard InChI is InChI=1S/C15H16N4/c1-2-10-9-13(16)18-19-15(10)12-7-3-5-11-6-4-8-17-14(11)12/h3-8,10H,2,9H2,1H3,(H2,16,18). The Morgan fingerprint density at radius 1 is 1.21 bits per heavy atom. The molecule has 0 saturated carbocycles. The number of nitrogens with two attached hydrogens (primary N) is 1. The lowest BCUT2D eigenvalue weighted by Crippen LogP contribution is -2.27. The van der Waals surface area contributed by atoms with E-state index in [9.17, 15) is 0 Å². The molecule has 4 nitrogen and oxygen atoms in total. The van der Waals surface area contributed by atoms with Gasteiger partial charge in [-0.2, -0.15) is 5.10 Å². The second-order valence-electron chi connectivity index (χ2n) is 4.77. The van der Waals surface area contributed by atoms with Crippen LogP contribution in [0.1, 0.15) is 25.3 Å². The van der Waals surface area contributed by atoms with Gasteiger partial charge in [-0.05, 0) is 12.5 Å². The van der Waals surface area contributed by atoms with Crippen molar-refractivity contribution in [3.63, 3.8) is 0 Å². The highest BCUT2D eigenvalue weighted by Gasteiger charge is 2.22. The largest absolute Gasteiger partial charge is 0.386 e. The molecule has 0 fully saturated rings. The summed E-state index contributed by atoms with van der Waals surface area (Å²) in [4.78, 5) is 4.48. The number of para-hydroxylation sites is 1. The Morgan fingerprint density at radius 2 is 2.05 bits per heavy atom. The second-order valence-corrected chi connectivity index (χ2v) is 4.77. The van der Waals surface area contributed by atoms with Gasteiger partial charge in [-0.25, -0.2) is 0 Å². The Balaban J connectivity index is 2.18. The number of nitrogens with zero attached hydrogens (tertiary/aromatic N) is 3. The Kier molecular flexibility index (Phi) is 2.99. The summed E-state index contributed by atoms with van der Waals surface area (Å²) in [6.07, 6.45) is 3.59. The Labute approximate surface area is 112 Å². The van der Waals surface area contributed by atoms with Gasteiger partial charge in [-0.3, -0.25) is 4.98 Å². The van der Waals surface area contributed by atoms with Gasteiger partial charge in [0.25, 0.3) is 0 Å². The second kappa shape index (κ2) is 4.80. The zero-order valence-corrected chi connectivity index (χ0v) is 10.9. The minimum Gasteiger partial charge on any atom is -0.386 e. The van der Waals surface area contributed by atoms with Crippen molar-refractivity contribution in [3.05, 3.63) is 42.1 Å². The number of hydrogen-bond donors (Lipinski definition) is 1. The maximum Gasteiger partial charge on any atom is 0.123 e. The van der Waals surface area contributed by atoms with E-state index in [1.807, 2.05) is 18.3 Å². The molecule has 1 aliphatic heterocycles. The molecule has 96 valence electrons. The number of fused-ring (bicyclic) bond motifs is 1. The van der Waals surface area contributed by atoms with Crippen molar-refractivity contribution >= 4 is 22.5 Å². The van der Waals surface area contributed by atoms with E-state index >= 15 is 0 Å². The molecule has 2 heterocycles. The molecule has 4 heteroatoms. The zero-order valence-electron chi connectivity index (χ0n) is 10.9. The summed E-state index contributed by atoms with van der Waals surface area (Å²) in [7, 11) is 0. The fraction of sp³-hybridized carbons (Fsp3) is 0.267. The van der Waals surface area contributed by atoms with E-state index < -0.39 is 0 Å². The first-order valence-electron chi connectivity index (χ1n) is 6.53. The van der Waals surface area contributed by atoms with E-state index in [1.165, 1.54) is 0 Å². The van der Waals surface area contributed by atoms with E-state index in [2.05, 4.69) is 40.3 Å². The maximum absolute atomic E-state index is 5.78. The highest BCUT2D eigenvalue weighted by molar-refractivity contribution is 6.12. The van der Waals surface area contributed by atoms with E-state index in [0.29, 0.717) is 11.8 Å². The van der Waals surface area contributed by atoms with Crippen LogP contribution >= 0.6 is 0 Å². The quantitative estimate of drug-likeness (QED) is 0.893. The third kappa shape index (κ3) is 2.10. The van der Waals surface area contributed by atoms with Crippen LogP contribution in [0.3, 0.4) is 0 Å². The van der Waals surface area contributed by atoms with Gasteiger partial charge in [0.15, 0.2) is 0 Å². The molecule has 2 N–H and O–H groups in total. The highest BCUT2D eigenvalue weighted by atomic mass is 15.2. The first-order chi connectivity index (χ1) is 9.29. The van der Waals surface area contributed by atoms with Crippen molar-refractivity contribution in [1.29, 1.82) is 0 Å². The summed E-state index contributed by atoms with van der Waals surface area (Å²) < 4.78 is 0. The topological polar surface area (TPSA) is 63.6 Å². The maximum atomic E-state index is 5.78. The SMILES string of the molecule is CCC1CC(N)=NN=C1c1cccc2cccnc12. The fourth-order valence-electron chi connectivity index (χ4n) is 2.51. The van der Waals surface area contributed by atoms with Crippen molar-refractivity contribution < 1.29 is 0 Å². The molecule has 0 spiro atoms. The monoisotopic (exact) mass is 252 g/mol. The van der Waals surface area contributed by atoms with Gasteiger partial charge >= 0.3 is 0 Å². The number of benzene rings is 1. The molecule has 0 bridgehead atoms. The minimum absolute atomic E-state index is 0.324. The normalized spacial score (nSPS) is 19.1. The van der Waals surface area contributed by atoms with Crippen LogP contribution in [0.15, 0.2) is 46.7 Å². The smallest absolute Gasteiger partial charge is 0.123 e. The molecular formula is C15H16N4. The van der Waals surface area contributed by atoms with E-state index in [1.54, 1.807) is 0 Å². The van der Waals surface area contributed by atoms with Crippen molar-refractivity contribution in [2.75, 3.05) is 0 Å². The summed E-state index contributed by atoms with van der Waals surface area (Å²) in [5, 5.41) is 9.50. The first-order valence-corrected chi connectivity index (χ1v) is 6.53. The third-order valence-corrected chi connectivity index (χ3v) is 3.53. The van der Waals surface area contributed by atoms with Gasteiger partial charge < -0.3 is 5.73 Å². The van der Waals surface area contributed by atoms with Crippen LogP contribution in [0.5, 0.6) is 0 Å². The summed E-state index contributed by atoms with van der Waals surface area (Å²) in [5.41, 5.74) is 8.84. The molecule has 1 aromatic heterocycles. The minimum atomic E-state index is 0.324. The van der Waals surface area contributed by atoms with Crippen LogP contribution in [0.25, 0.3) is 10.9 Å². The number of pyridine rings is 1. The lowest BCUT2D eigenvalue weighted by molar-refractivity contribution is 0.677. The van der Waals surface area contributed by atoms with Crippen LogP contribution in [0.4, 0.5) is 0 Å². The number of rotatable bonds is 2. The molecule has 1 aromatic carbocycles. The molecule has 0 saturated heterocycles. The molecule has 1 unspecified atom stereocenters. The molecule has 1 aliphatic rings. The summed E-state index contributed by atoms with van der Waals surface area (Å²) in [6.45, 7) is 2.15. The predicted octanol–water partition coefficient (Wildman–Crippen LogP) is 2.73. The van der Waals surface area contributed by atoms with Crippen LogP contribution in [-0.2, 0) is 0 Å². The fourth-order valence-corrected chi connectivity index (χ4v) is 2.51. The number of amidine groups is 1. The van der Waals surface area contributed by atoms with E-state index in [0.717, 1.165) is 35.0 Å². The van der Waals surface area contributed by atoms with Crippen LogP contribution in [0.2, 0.25) is 0 Å². The van der Waals surface area contributed by atoms with E-state index in [4.69, 9.17) is 5.73 Å². The van der Waals surface area contributed by atoms with Crippen molar-refractivity contribution in [2.45, 2.75) is 19.8 Å². The first kappa shape index (κ1) is 11.8. The van der Waals surface area contributed by atoms with Gasteiger partial charge in [0.05, 0.1) is 11.2 Å². The third-order valence-electron chi connectivity index (χ3n) is 3.53. The molecule has 3 rings (SSSR count). The van der Waals surface area contributed by atoms with Gasteiger partial charge in [0, 0.05) is 29.5 Å². The average Bonchev–Trinajstić information content (AvgIpc) is 2.46. The molecular weight excluding hydrogens is 236 g/mol. The van der Waals surface area contributed by atoms with Gasteiger partial charge in [0.2, 0.25) is 0 Å². The molecule has 0 radical (unpaired) electrons. The molecule has 19 heavy (non-hydrogen) atoms. The van der Waals surface area contributed by atoms with Crippen LogP contribution in [0, 0.1) is 5.92 Å². The van der Waals surface area contributed by atoms with Gasteiger partial charge in [-0.15, -0.1) is 5.10 Å². The Bertz CT molecular complexity index is 667. The Hall–Kier alpha value is -2.23. The van der Waals surface area contributed by atoms with E-state index in [-0.39, 0.29) is 0 Å². The van der Waals surface area contributed by atoms with Crippen molar-refractivity contribution in [3.8, 4) is 0 Å². The average molecular weight is 252 g/mol. The van der Waals surface area contributed by atoms with Crippen molar-refractivity contribution in [1.82, 2.24) is 4.98 Å². The summed E-state index contributed by atoms with van der Waals surface area (Å²) >= 11 is 0. The highest BCUT2D eigenvalue weighted by Crippen LogP contribution is 2.25. The predicted molar refractivity (Wildman–Crippen MR) is 78.3 cm³/mol. The lowest BCUT2D eigenvalue weighted by atomic mass is 9.89. The van der Waals surface area contributed by atoms with Crippen molar-refractivity contribution in [2.24, 2.45) is 21.9 Å². The Morgan fingerprint density at radius 3 is 2.89 bits per heavy atom. The summed E-state index contributed by atoms with van der Waals surface area (Å²) in [5.74, 6) is 0.939. The molecule has 0 aliphatic carbocycles. The molecule has 2 aromatic rings. The van der Waals surface area contributed by atoms with Crippen LogP contribution in [-0.4, -0.2) is 16.5 Å². The van der Waals surface area contributed by atoms with Gasteiger partial charge in [-0.1, -0.05) is 31.2 Å². The van der Waals surface area contributed by atoms with Gasteiger partial charge in [0.1, 0.15) is 5.84 Å². The summed E-state index contributed by atoms with van der Waals surface area (Å²) in [6, 6.07) is 10.2. The zero-order chi connectivity index (χ0) is 13.2. The molecule has 1 atom stereocenters. The molecule has 0 amide bonds. The van der Waals surface area contributed by atoms with Crippen LogP contribution < -0.4 is 5.73 Å². The lowest BCUT2D eigenvalue weighted by Gasteiger charge is -2.20.